The molecule has 0 aromatic heterocycles. The predicted octanol–water partition coefficient (Wildman–Crippen LogP) is 7.68. The predicted molar refractivity (Wildman–Crippen MR) is 147 cm³/mol. The van der Waals surface area contributed by atoms with Crippen molar-refractivity contribution in [2.75, 3.05) is 4.90 Å². The summed E-state index contributed by atoms with van der Waals surface area (Å²) in [5.74, 6) is 0.448. The minimum absolute atomic E-state index is 0.342. The molecule has 4 nitrogen and oxygen atoms in total. The average Bonchev–Trinajstić information content (AvgIpc) is 3.00. The molecule has 0 aliphatic carbocycles. The molecule has 1 aliphatic rings. The van der Waals surface area contributed by atoms with Gasteiger partial charge in [0.05, 0.1) is 17.7 Å². The molecule has 0 N–H and O–H groups in total. The Morgan fingerprint density at radius 1 is 1.03 bits per heavy atom. The third kappa shape index (κ3) is 5.32. The minimum atomic E-state index is -0.355. The maximum atomic E-state index is 12.9. The molecule has 0 saturated carbocycles. The summed E-state index contributed by atoms with van der Waals surface area (Å²) in [4.78, 5) is 26.9. The molecule has 1 saturated heterocycles. The number of halogens is 3. The summed E-state index contributed by atoms with van der Waals surface area (Å²) in [5, 5.41) is 0.127. The quantitative estimate of drug-likeness (QED) is 0.204. The van der Waals surface area contributed by atoms with Crippen molar-refractivity contribution >= 4 is 91.5 Å². The number of imide groups is 1. The van der Waals surface area contributed by atoms with Crippen LogP contribution in [-0.2, 0) is 11.4 Å². The zero-order chi connectivity index (χ0) is 22.8. The largest absolute Gasteiger partial charge is 0.487 e. The van der Waals surface area contributed by atoms with E-state index in [-0.39, 0.29) is 11.1 Å². The van der Waals surface area contributed by atoms with Gasteiger partial charge < -0.3 is 4.74 Å². The van der Waals surface area contributed by atoms with E-state index in [1.54, 1.807) is 30.3 Å². The zero-order valence-electron chi connectivity index (χ0n) is 16.8. The van der Waals surface area contributed by atoms with Gasteiger partial charge in [0.15, 0.2) is 0 Å². The molecule has 32 heavy (non-hydrogen) atoms. The van der Waals surface area contributed by atoms with Gasteiger partial charge in [0, 0.05) is 5.02 Å². The van der Waals surface area contributed by atoms with E-state index in [9.17, 15) is 9.59 Å². The Morgan fingerprint density at radius 3 is 2.44 bits per heavy atom. The summed E-state index contributed by atoms with van der Waals surface area (Å²) in [7, 11) is 0. The van der Waals surface area contributed by atoms with Crippen molar-refractivity contribution in [3.05, 3.63) is 94.4 Å². The summed E-state index contributed by atoms with van der Waals surface area (Å²) in [6.07, 6.45) is 1.74. The molecule has 3 aromatic rings. The number of thioether (sulfide) groups is 1. The number of ether oxygens (including phenoxy) is 1. The smallest absolute Gasteiger partial charge is 0.298 e. The topological polar surface area (TPSA) is 46.6 Å². The fraction of sp³-hybridized carbons (Fsp3) is 0.0833. The lowest BCUT2D eigenvalue weighted by atomic mass is 10.1. The second kappa shape index (κ2) is 10.1. The van der Waals surface area contributed by atoms with E-state index in [0.717, 1.165) is 40.7 Å². The van der Waals surface area contributed by atoms with Crippen LogP contribution in [0.4, 0.5) is 10.5 Å². The van der Waals surface area contributed by atoms with Crippen molar-refractivity contribution in [1.29, 1.82) is 0 Å². The third-order valence-corrected chi connectivity index (χ3v) is 7.35. The highest BCUT2D eigenvalue weighted by molar-refractivity contribution is 14.1. The van der Waals surface area contributed by atoms with Crippen molar-refractivity contribution in [2.45, 2.75) is 13.5 Å². The van der Waals surface area contributed by atoms with Gasteiger partial charge in [-0.1, -0.05) is 47.5 Å². The summed E-state index contributed by atoms with van der Waals surface area (Å²) >= 11 is 11.4. The van der Waals surface area contributed by atoms with Crippen molar-refractivity contribution in [1.82, 2.24) is 0 Å². The SMILES string of the molecule is Cc1cccc(COc2c(I)cc(/C=C3/SC(=O)N(c4cccc(Cl)c4)C3=O)cc2I)c1. The monoisotopic (exact) mass is 687 g/mol. The fourth-order valence-electron chi connectivity index (χ4n) is 3.22. The van der Waals surface area contributed by atoms with Gasteiger partial charge in [-0.25, -0.2) is 4.90 Å². The number of nitrogens with zero attached hydrogens (tertiary/aromatic N) is 1. The maximum Gasteiger partial charge on any atom is 0.298 e. The number of hydrogen-bond donors (Lipinski definition) is 0. The lowest BCUT2D eigenvalue weighted by molar-refractivity contribution is -0.113. The Bertz CT molecular complexity index is 1240. The second-order valence-corrected chi connectivity index (χ2v) is 10.8. The number of anilines is 1. The van der Waals surface area contributed by atoms with Gasteiger partial charge in [0.25, 0.3) is 11.1 Å². The lowest BCUT2D eigenvalue weighted by Gasteiger charge is -2.13. The Hall–Kier alpha value is -1.56. The lowest BCUT2D eigenvalue weighted by Crippen LogP contribution is -2.27. The first-order valence-corrected chi connectivity index (χ1v) is 12.9. The third-order valence-electron chi connectivity index (χ3n) is 4.64. The molecule has 1 fully saturated rings. The highest BCUT2D eigenvalue weighted by atomic mass is 127. The number of rotatable bonds is 5. The Morgan fingerprint density at radius 2 is 1.75 bits per heavy atom. The molecule has 2 amide bonds. The summed E-state index contributed by atoms with van der Waals surface area (Å²) < 4.78 is 7.94. The van der Waals surface area contributed by atoms with E-state index in [4.69, 9.17) is 16.3 Å². The first-order valence-electron chi connectivity index (χ1n) is 9.53. The van der Waals surface area contributed by atoms with Crippen LogP contribution >= 0.6 is 68.5 Å². The molecule has 4 rings (SSSR count). The summed E-state index contributed by atoms with van der Waals surface area (Å²) in [6, 6.07) is 18.8. The van der Waals surface area contributed by atoms with E-state index in [0.29, 0.717) is 22.2 Å². The maximum absolute atomic E-state index is 12.9. The first kappa shape index (κ1) is 23.6. The Labute approximate surface area is 222 Å². The van der Waals surface area contributed by atoms with Gasteiger partial charge >= 0.3 is 0 Å². The van der Waals surface area contributed by atoms with Crippen LogP contribution in [0.3, 0.4) is 0 Å². The van der Waals surface area contributed by atoms with E-state index in [1.165, 1.54) is 5.56 Å². The van der Waals surface area contributed by atoms with Crippen LogP contribution in [0.1, 0.15) is 16.7 Å². The fourth-order valence-corrected chi connectivity index (χ4v) is 6.37. The molecule has 0 spiro atoms. The number of carbonyl (C=O) groups is 2. The first-order chi connectivity index (χ1) is 15.3. The zero-order valence-corrected chi connectivity index (χ0v) is 22.7. The van der Waals surface area contributed by atoms with Gasteiger partial charge in [-0.3, -0.25) is 9.59 Å². The molecule has 0 unspecified atom stereocenters. The molecular formula is C24H16ClI2NO3S. The van der Waals surface area contributed by atoms with Gasteiger partial charge in [0.2, 0.25) is 0 Å². The van der Waals surface area contributed by atoms with Gasteiger partial charge in [-0.2, -0.15) is 0 Å². The summed E-state index contributed by atoms with van der Waals surface area (Å²) in [6.45, 7) is 2.53. The number of amides is 2. The van der Waals surface area contributed by atoms with E-state index in [2.05, 4.69) is 64.2 Å². The van der Waals surface area contributed by atoms with Crippen molar-refractivity contribution < 1.29 is 14.3 Å². The van der Waals surface area contributed by atoms with Crippen LogP contribution < -0.4 is 9.64 Å². The van der Waals surface area contributed by atoms with Crippen LogP contribution in [0.2, 0.25) is 5.02 Å². The van der Waals surface area contributed by atoms with Crippen molar-refractivity contribution in [3.8, 4) is 5.75 Å². The van der Waals surface area contributed by atoms with Gasteiger partial charge in [-0.05, 0) is 111 Å². The van der Waals surface area contributed by atoms with Crippen LogP contribution in [0.5, 0.6) is 5.75 Å². The normalized spacial score (nSPS) is 15.0. The average molecular weight is 688 g/mol. The van der Waals surface area contributed by atoms with Crippen molar-refractivity contribution in [2.24, 2.45) is 0 Å². The summed E-state index contributed by atoms with van der Waals surface area (Å²) in [5.41, 5.74) is 3.60. The van der Waals surface area contributed by atoms with Crippen LogP contribution in [0.15, 0.2) is 65.6 Å². The Balaban J connectivity index is 1.55. The van der Waals surface area contributed by atoms with Gasteiger partial charge in [0.1, 0.15) is 12.4 Å². The minimum Gasteiger partial charge on any atom is -0.487 e. The molecule has 8 heteroatoms. The molecule has 0 radical (unpaired) electrons. The second-order valence-electron chi connectivity index (χ2n) is 7.09. The molecule has 3 aromatic carbocycles. The van der Waals surface area contributed by atoms with Gasteiger partial charge in [-0.15, -0.1) is 0 Å². The molecule has 162 valence electrons. The van der Waals surface area contributed by atoms with E-state index >= 15 is 0 Å². The Kier molecular flexibility index (Phi) is 7.48. The van der Waals surface area contributed by atoms with Crippen molar-refractivity contribution in [3.63, 3.8) is 0 Å². The number of benzene rings is 3. The number of carbonyl (C=O) groups excluding carboxylic acids is 2. The molecule has 1 heterocycles. The molecule has 1 aliphatic heterocycles. The molecule has 0 atom stereocenters. The number of hydrogen-bond acceptors (Lipinski definition) is 4. The molecular weight excluding hydrogens is 672 g/mol. The van der Waals surface area contributed by atoms with Crippen LogP contribution in [0, 0.1) is 14.1 Å². The number of aryl methyl sites for hydroxylation is 1. The van der Waals surface area contributed by atoms with E-state index in [1.807, 2.05) is 24.3 Å². The molecule has 0 bridgehead atoms. The van der Waals surface area contributed by atoms with Crippen LogP contribution in [0.25, 0.3) is 6.08 Å². The highest BCUT2D eigenvalue weighted by Gasteiger charge is 2.36. The highest BCUT2D eigenvalue weighted by Crippen LogP contribution is 2.37. The van der Waals surface area contributed by atoms with Crippen LogP contribution in [-0.4, -0.2) is 11.1 Å². The van der Waals surface area contributed by atoms with E-state index < -0.39 is 0 Å². The standard InChI is InChI=1S/C24H16ClI2NO3S/c1-14-4-2-5-15(8-14)13-31-22-19(26)9-16(10-20(22)27)11-21-23(29)28(24(30)32-21)18-7-3-6-17(25)12-18/h2-12H,13H2,1H3/b21-11+.